The van der Waals surface area contributed by atoms with Crippen molar-refractivity contribution in [3.63, 3.8) is 0 Å². The third-order valence-electron chi connectivity index (χ3n) is 6.06. The molecule has 0 aliphatic heterocycles. The molecule has 0 saturated carbocycles. The van der Waals surface area contributed by atoms with E-state index >= 15 is 0 Å². The Bertz CT molecular complexity index is 1300. The van der Waals surface area contributed by atoms with Crippen LogP contribution in [0.1, 0.15) is 30.9 Å². The second-order valence-electron chi connectivity index (χ2n) is 9.03. The van der Waals surface area contributed by atoms with E-state index in [2.05, 4.69) is 5.32 Å². The van der Waals surface area contributed by atoms with Crippen molar-refractivity contribution in [2.75, 3.05) is 23.7 Å². The molecule has 202 valence electrons. The molecule has 7 nitrogen and oxygen atoms in total. The fraction of sp³-hybridized carbons (Fsp3) is 0.310. The molecule has 0 saturated heterocycles. The molecule has 0 fully saturated rings. The average Bonchev–Trinajstić information content (AvgIpc) is 2.89. The van der Waals surface area contributed by atoms with E-state index in [0.717, 1.165) is 17.4 Å². The Morgan fingerprint density at radius 3 is 2.16 bits per heavy atom. The molecule has 0 aliphatic rings. The molecule has 0 aromatic heterocycles. The summed E-state index contributed by atoms with van der Waals surface area (Å²) in [5, 5.41) is 3.41. The van der Waals surface area contributed by atoms with Crippen molar-refractivity contribution < 1.29 is 18.0 Å². The predicted molar refractivity (Wildman–Crippen MR) is 152 cm³/mol. The first-order chi connectivity index (χ1) is 18.2. The summed E-state index contributed by atoms with van der Waals surface area (Å²) in [5.74, 6) is -0.479. The third-order valence-corrected chi connectivity index (χ3v) is 7.49. The lowest BCUT2D eigenvalue weighted by Gasteiger charge is -2.32. The summed E-state index contributed by atoms with van der Waals surface area (Å²) in [4.78, 5) is 28.5. The van der Waals surface area contributed by atoms with Gasteiger partial charge in [-0.15, -0.1) is 0 Å². The number of carbonyl (C=O) groups is 2. The van der Waals surface area contributed by atoms with Crippen LogP contribution in [0.25, 0.3) is 0 Å². The molecule has 0 unspecified atom stereocenters. The number of sulfonamides is 1. The van der Waals surface area contributed by atoms with Crippen molar-refractivity contribution in [2.24, 2.45) is 0 Å². The van der Waals surface area contributed by atoms with Gasteiger partial charge in [-0.3, -0.25) is 13.9 Å². The van der Waals surface area contributed by atoms with Crippen molar-refractivity contribution in [3.8, 4) is 0 Å². The summed E-state index contributed by atoms with van der Waals surface area (Å²) in [6.07, 6.45) is 1.86. The van der Waals surface area contributed by atoms with Crippen LogP contribution in [0.5, 0.6) is 0 Å². The molecule has 1 N–H and O–H groups in total. The highest BCUT2D eigenvalue weighted by Crippen LogP contribution is 2.21. The smallest absolute Gasteiger partial charge is 0.243 e. The van der Waals surface area contributed by atoms with E-state index in [4.69, 9.17) is 11.6 Å². The van der Waals surface area contributed by atoms with Crippen LogP contribution in [-0.2, 0) is 32.6 Å². The second-order valence-corrected chi connectivity index (χ2v) is 11.4. The SMILES string of the molecule is CCNC(=O)[C@H](Cc1ccccc1)N(Cc1cccc(Cl)c1)C(=O)CCCN(c1ccccc1)S(C)(=O)=O. The number of hydrogen-bond acceptors (Lipinski definition) is 4. The lowest BCUT2D eigenvalue weighted by molar-refractivity contribution is -0.141. The van der Waals surface area contributed by atoms with Gasteiger partial charge in [-0.25, -0.2) is 8.42 Å². The minimum absolute atomic E-state index is 0.0735. The second kappa shape index (κ2) is 14.0. The Morgan fingerprint density at radius 1 is 0.921 bits per heavy atom. The van der Waals surface area contributed by atoms with Crippen molar-refractivity contribution in [2.45, 2.75) is 38.8 Å². The van der Waals surface area contributed by atoms with Crippen molar-refractivity contribution in [3.05, 3.63) is 101 Å². The van der Waals surface area contributed by atoms with Crippen LogP contribution in [0.4, 0.5) is 5.69 Å². The lowest BCUT2D eigenvalue weighted by atomic mass is 10.0. The predicted octanol–water partition coefficient (Wildman–Crippen LogP) is 4.66. The number of para-hydroxylation sites is 1. The molecule has 3 aromatic rings. The van der Waals surface area contributed by atoms with Crippen LogP contribution >= 0.6 is 11.6 Å². The highest BCUT2D eigenvalue weighted by Gasteiger charge is 2.30. The fourth-order valence-corrected chi connectivity index (χ4v) is 5.45. The standard InChI is InChI=1S/C29H34ClN3O4S/c1-3-31-29(35)27(21-23-12-6-4-7-13-23)32(22-24-14-10-15-25(30)20-24)28(34)18-11-19-33(38(2,36)37)26-16-8-5-9-17-26/h4-10,12-17,20,27H,3,11,18-19,21-22H2,1-2H3,(H,31,35)/t27-/m0/s1. The first-order valence-corrected chi connectivity index (χ1v) is 14.8. The highest BCUT2D eigenvalue weighted by atomic mass is 35.5. The van der Waals surface area contributed by atoms with Gasteiger partial charge in [0.1, 0.15) is 6.04 Å². The monoisotopic (exact) mass is 555 g/mol. The molecule has 0 bridgehead atoms. The quantitative estimate of drug-likeness (QED) is 0.332. The van der Waals surface area contributed by atoms with Gasteiger partial charge in [0.25, 0.3) is 0 Å². The van der Waals surface area contributed by atoms with Crippen LogP contribution in [0.2, 0.25) is 5.02 Å². The van der Waals surface area contributed by atoms with Crippen LogP contribution in [-0.4, -0.2) is 50.5 Å². The summed E-state index contributed by atoms with van der Waals surface area (Å²) >= 11 is 6.20. The van der Waals surface area contributed by atoms with Gasteiger partial charge in [0, 0.05) is 37.5 Å². The maximum atomic E-state index is 13.7. The normalized spacial score (nSPS) is 12.0. The Balaban J connectivity index is 1.85. The molecule has 38 heavy (non-hydrogen) atoms. The van der Waals surface area contributed by atoms with Crippen molar-refractivity contribution in [1.29, 1.82) is 0 Å². The summed E-state index contributed by atoms with van der Waals surface area (Å²) in [6, 6.07) is 24.8. The van der Waals surface area contributed by atoms with E-state index in [1.54, 1.807) is 41.3 Å². The lowest BCUT2D eigenvalue weighted by Crippen LogP contribution is -2.50. The first-order valence-electron chi connectivity index (χ1n) is 12.6. The molecule has 0 heterocycles. The molecule has 0 aliphatic carbocycles. The van der Waals surface area contributed by atoms with Crippen LogP contribution < -0.4 is 9.62 Å². The van der Waals surface area contributed by atoms with E-state index in [0.29, 0.717) is 30.1 Å². The number of rotatable bonds is 13. The zero-order valence-corrected chi connectivity index (χ0v) is 23.3. The van der Waals surface area contributed by atoms with Gasteiger partial charge in [0.05, 0.1) is 11.9 Å². The van der Waals surface area contributed by atoms with Gasteiger partial charge in [0.15, 0.2) is 0 Å². The Hall–Kier alpha value is -3.36. The minimum Gasteiger partial charge on any atom is -0.355 e. The number of nitrogens with one attached hydrogen (secondary N) is 1. The van der Waals surface area contributed by atoms with Gasteiger partial charge in [0.2, 0.25) is 21.8 Å². The van der Waals surface area contributed by atoms with Crippen LogP contribution in [0.3, 0.4) is 0 Å². The number of halogens is 1. The molecule has 2 amide bonds. The van der Waals surface area contributed by atoms with E-state index in [-0.39, 0.29) is 31.3 Å². The number of likely N-dealkylation sites (N-methyl/N-ethyl adjacent to an activating group) is 1. The first kappa shape index (κ1) is 29.2. The van der Waals surface area contributed by atoms with E-state index < -0.39 is 16.1 Å². The largest absolute Gasteiger partial charge is 0.355 e. The van der Waals surface area contributed by atoms with Crippen LogP contribution in [0.15, 0.2) is 84.9 Å². The Morgan fingerprint density at radius 2 is 1.55 bits per heavy atom. The number of amides is 2. The topological polar surface area (TPSA) is 86.8 Å². The van der Waals surface area contributed by atoms with Crippen molar-refractivity contribution in [1.82, 2.24) is 10.2 Å². The Kier molecular flexibility index (Phi) is 10.7. The average molecular weight is 556 g/mol. The number of benzene rings is 3. The third kappa shape index (κ3) is 8.60. The molecule has 3 rings (SSSR count). The zero-order chi connectivity index (χ0) is 27.5. The molecule has 9 heteroatoms. The minimum atomic E-state index is -3.54. The van der Waals surface area contributed by atoms with Gasteiger partial charge in [-0.1, -0.05) is 72.3 Å². The number of carbonyl (C=O) groups excluding carboxylic acids is 2. The number of hydrogen-bond donors (Lipinski definition) is 1. The summed E-state index contributed by atoms with van der Waals surface area (Å²) < 4.78 is 26.2. The number of anilines is 1. The van der Waals surface area contributed by atoms with E-state index in [1.807, 2.05) is 55.5 Å². The zero-order valence-electron chi connectivity index (χ0n) is 21.7. The molecule has 0 spiro atoms. The molecule has 0 radical (unpaired) electrons. The molecule has 1 atom stereocenters. The number of nitrogens with zero attached hydrogens (tertiary/aromatic N) is 2. The summed E-state index contributed by atoms with van der Waals surface area (Å²) in [6.45, 7) is 2.61. The Labute approximate surface area is 230 Å². The van der Waals surface area contributed by atoms with Gasteiger partial charge >= 0.3 is 0 Å². The van der Waals surface area contributed by atoms with Gasteiger partial charge in [-0.05, 0) is 48.7 Å². The molecule has 3 aromatic carbocycles. The van der Waals surface area contributed by atoms with Gasteiger partial charge in [-0.2, -0.15) is 0 Å². The maximum Gasteiger partial charge on any atom is 0.243 e. The summed E-state index contributed by atoms with van der Waals surface area (Å²) in [7, 11) is -3.54. The maximum absolute atomic E-state index is 13.7. The highest BCUT2D eigenvalue weighted by molar-refractivity contribution is 7.92. The fourth-order valence-electron chi connectivity index (χ4n) is 4.28. The van der Waals surface area contributed by atoms with E-state index in [1.165, 1.54) is 4.31 Å². The van der Waals surface area contributed by atoms with E-state index in [9.17, 15) is 18.0 Å². The summed E-state index contributed by atoms with van der Waals surface area (Å²) in [5.41, 5.74) is 2.28. The molecular weight excluding hydrogens is 522 g/mol. The van der Waals surface area contributed by atoms with Gasteiger partial charge < -0.3 is 10.2 Å². The van der Waals surface area contributed by atoms with Crippen molar-refractivity contribution >= 4 is 39.1 Å². The van der Waals surface area contributed by atoms with Crippen LogP contribution in [0, 0.1) is 0 Å². The molecular formula is C29H34ClN3O4S.